The first-order chi connectivity index (χ1) is 6.93. The van der Waals surface area contributed by atoms with Crippen LogP contribution in [0.5, 0.6) is 0 Å². The fourth-order valence-corrected chi connectivity index (χ4v) is 1.94. The molecule has 1 aliphatic rings. The molecule has 0 aliphatic carbocycles. The summed E-state index contributed by atoms with van der Waals surface area (Å²) in [6.07, 6.45) is 7.85. The molecule has 1 rings (SSSR count). The highest BCUT2D eigenvalue weighted by atomic mass is 16.5. The molecule has 84 valence electrons. The van der Waals surface area contributed by atoms with Crippen LogP contribution in [0.15, 0.2) is 0 Å². The van der Waals surface area contributed by atoms with E-state index in [0.29, 0.717) is 0 Å². The Bertz CT molecular complexity index is 121. The molecule has 1 atom stereocenters. The normalized spacial score (nSPS) is 21.6. The van der Waals surface area contributed by atoms with Crippen molar-refractivity contribution in [1.29, 1.82) is 0 Å². The summed E-state index contributed by atoms with van der Waals surface area (Å²) >= 11 is 0. The Balaban J connectivity index is 1.75. The molecular weight excluding hydrogens is 174 g/mol. The molecule has 2 nitrogen and oxygen atoms in total. The highest BCUT2D eigenvalue weighted by Gasteiger charge is 2.13. The van der Waals surface area contributed by atoms with Crippen molar-refractivity contribution >= 4 is 0 Å². The van der Waals surface area contributed by atoms with Gasteiger partial charge in [0.1, 0.15) is 0 Å². The van der Waals surface area contributed by atoms with Crippen molar-refractivity contribution in [3.8, 4) is 0 Å². The Hall–Kier alpha value is -0.0800. The Morgan fingerprint density at radius 1 is 1.21 bits per heavy atom. The lowest BCUT2D eigenvalue weighted by atomic mass is 10.1. The third-order valence-corrected chi connectivity index (χ3v) is 2.98. The molecule has 0 saturated carbocycles. The van der Waals surface area contributed by atoms with Gasteiger partial charge in [0.05, 0.1) is 0 Å². The van der Waals surface area contributed by atoms with Crippen LogP contribution in [0, 0.1) is 5.92 Å². The summed E-state index contributed by atoms with van der Waals surface area (Å²) in [5, 5.41) is 3.39. The maximum atomic E-state index is 5.61. The number of rotatable bonds is 8. The van der Waals surface area contributed by atoms with Crippen LogP contribution in [0.3, 0.4) is 0 Å². The molecule has 14 heavy (non-hydrogen) atoms. The van der Waals surface area contributed by atoms with E-state index >= 15 is 0 Å². The van der Waals surface area contributed by atoms with Crippen molar-refractivity contribution in [2.24, 2.45) is 5.92 Å². The summed E-state index contributed by atoms with van der Waals surface area (Å²) in [6.45, 7) is 6.60. The van der Waals surface area contributed by atoms with Crippen LogP contribution in [-0.2, 0) is 4.74 Å². The molecule has 2 heteroatoms. The second kappa shape index (κ2) is 8.25. The zero-order chi connectivity index (χ0) is 10.1. The summed E-state index contributed by atoms with van der Waals surface area (Å²) in [5.41, 5.74) is 0. The molecule has 1 saturated heterocycles. The summed E-state index contributed by atoms with van der Waals surface area (Å²) in [6, 6.07) is 0. The third kappa shape index (κ3) is 5.61. The van der Waals surface area contributed by atoms with Crippen molar-refractivity contribution in [3.05, 3.63) is 0 Å². The summed E-state index contributed by atoms with van der Waals surface area (Å²) in [4.78, 5) is 0. The summed E-state index contributed by atoms with van der Waals surface area (Å²) in [7, 11) is 0. The van der Waals surface area contributed by atoms with Crippen LogP contribution in [0.2, 0.25) is 0 Å². The molecule has 0 aromatic rings. The molecule has 1 heterocycles. The molecule has 1 aliphatic heterocycles. The van der Waals surface area contributed by atoms with E-state index in [9.17, 15) is 0 Å². The first-order valence-corrected chi connectivity index (χ1v) is 6.22. The van der Waals surface area contributed by atoms with E-state index < -0.39 is 0 Å². The maximum absolute atomic E-state index is 5.61. The SMILES string of the molecule is CCCCCCOCCC1CCNC1. The number of ether oxygens (including phenoxy) is 1. The number of nitrogens with one attached hydrogen (secondary N) is 1. The van der Waals surface area contributed by atoms with Gasteiger partial charge < -0.3 is 10.1 Å². The molecule has 0 aromatic heterocycles. The summed E-state index contributed by atoms with van der Waals surface area (Å²) < 4.78 is 5.61. The van der Waals surface area contributed by atoms with Crippen LogP contribution in [0.4, 0.5) is 0 Å². The molecule has 1 N–H and O–H groups in total. The van der Waals surface area contributed by atoms with Crippen LogP contribution in [-0.4, -0.2) is 26.3 Å². The van der Waals surface area contributed by atoms with E-state index in [4.69, 9.17) is 4.74 Å². The fraction of sp³-hybridized carbons (Fsp3) is 1.00. The number of unbranched alkanes of at least 4 members (excludes halogenated alkanes) is 3. The molecule has 1 fully saturated rings. The van der Waals surface area contributed by atoms with Crippen LogP contribution >= 0.6 is 0 Å². The Labute approximate surface area is 88.4 Å². The average Bonchev–Trinajstić information content (AvgIpc) is 2.69. The van der Waals surface area contributed by atoms with Gasteiger partial charge in [-0.1, -0.05) is 26.2 Å². The van der Waals surface area contributed by atoms with Crippen molar-refractivity contribution in [2.75, 3.05) is 26.3 Å². The maximum Gasteiger partial charge on any atom is 0.0469 e. The monoisotopic (exact) mass is 199 g/mol. The third-order valence-electron chi connectivity index (χ3n) is 2.98. The van der Waals surface area contributed by atoms with E-state index in [1.165, 1.54) is 51.6 Å². The van der Waals surface area contributed by atoms with Gasteiger partial charge in [0.2, 0.25) is 0 Å². The van der Waals surface area contributed by atoms with Crippen molar-refractivity contribution in [3.63, 3.8) is 0 Å². The van der Waals surface area contributed by atoms with E-state index in [-0.39, 0.29) is 0 Å². The Morgan fingerprint density at radius 3 is 2.86 bits per heavy atom. The number of hydrogen-bond donors (Lipinski definition) is 1. The largest absolute Gasteiger partial charge is 0.381 e. The van der Waals surface area contributed by atoms with Crippen LogP contribution < -0.4 is 5.32 Å². The predicted molar refractivity (Wildman–Crippen MR) is 60.6 cm³/mol. The minimum absolute atomic E-state index is 0.880. The van der Waals surface area contributed by atoms with Crippen LogP contribution in [0.25, 0.3) is 0 Å². The molecule has 0 aromatic carbocycles. The standard InChI is InChI=1S/C12H25NO/c1-2-3-4-5-9-14-10-7-12-6-8-13-11-12/h12-13H,2-11H2,1H3. The first-order valence-electron chi connectivity index (χ1n) is 6.22. The lowest BCUT2D eigenvalue weighted by molar-refractivity contribution is 0.118. The minimum Gasteiger partial charge on any atom is -0.381 e. The van der Waals surface area contributed by atoms with Gasteiger partial charge in [-0.25, -0.2) is 0 Å². The second-order valence-electron chi connectivity index (χ2n) is 4.32. The minimum atomic E-state index is 0.880. The van der Waals surface area contributed by atoms with Gasteiger partial charge in [-0.3, -0.25) is 0 Å². The molecule has 0 radical (unpaired) electrons. The number of hydrogen-bond acceptors (Lipinski definition) is 2. The lowest BCUT2D eigenvalue weighted by Gasteiger charge is -2.08. The van der Waals surface area contributed by atoms with Gasteiger partial charge in [0.25, 0.3) is 0 Å². The van der Waals surface area contributed by atoms with Crippen molar-refractivity contribution in [1.82, 2.24) is 5.32 Å². The van der Waals surface area contributed by atoms with Gasteiger partial charge in [0, 0.05) is 13.2 Å². The van der Waals surface area contributed by atoms with Crippen LogP contribution in [0.1, 0.15) is 45.4 Å². The van der Waals surface area contributed by atoms with Gasteiger partial charge in [-0.05, 0) is 38.3 Å². The highest BCUT2D eigenvalue weighted by Crippen LogP contribution is 2.11. The zero-order valence-electron chi connectivity index (χ0n) is 9.56. The highest BCUT2D eigenvalue weighted by molar-refractivity contribution is 4.70. The lowest BCUT2D eigenvalue weighted by Crippen LogP contribution is -2.11. The topological polar surface area (TPSA) is 21.3 Å². The fourth-order valence-electron chi connectivity index (χ4n) is 1.94. The smallest absolute Gasteiger partial charge is 0.0469 e. The van der Waals surface area contributed by atoms with Crippen molar-refractivity contribution < 1.29 is 4.74 Å². The van der Waals surface area contributed by atoms with Crippen molar-refractivity contribution in [2.45, 2.75) is 45.4 Å². The molecule has 0 spiro atoms. The quantitative estimate of drug-likeness (QED) is 0.607. The van der Waals surface area contributed by atoms with E-state index in [0.717, 1.165) is 19.1 Å². The molecular formula is C12H25NO. The second-order valence-corrected chi connectivity index (χ2v) is 4.32. The predicted octanol–water partition coefficient (Wildman–Crippen LogP) is 2.58. The Kier molecular flexibility index (Phi) is 7.06. The Morgan fingerprint density at radius 2 is 2.14 bits per heavy atom. The molecule has 0 amide bonds. The van der Waals surface area contributed by atoms with E-state index in [1.807, 2.05) is 0 Å². The van der Waals surface area contributed by atoms with Gasteiger partial charge in [-0.15, -0.1) is 0 Å². The zero-order valence-corrected chi connectivity index (χ0v) is 9.56. The van der Waals surface area contributed by atoms with E-state index in [2.05, 4.69) is 12.2 Å². The van der Waals surface area contributed by atoms with E-state index in [1.54, 1.807) is 0 Å². The molecule has 1 unspecified atom stereocenters. The summed E-state index contributed by atoms with van der Waals surface area (Å²) in [5.74, 6) is 0.880. The first kappa shape index (κ1) is 12.0. The van der Waals surface area contributed by atoms with Gasteiger partial charge in [0.15, 0.2) is 0 Å². The van der Waals surface area contributed by atoms with Gasteiger partial charge >= 0.3 is 0 Å². The molecule has 0 bridgehead atoms. The van der Waals surface area contributed by atoms with Gasteiger partial charge in [-0.2, -0.15) is 0 Å². The average molecular weight is 199 g/mol.